The van der Waals surface area contributed by atoms with Gasteiger partial charge in [0.05, 0.1) is 30.5 Å². The lowest BCUT2D eigenvalue weighted by atomic mass is 9.99. The van der Waals surface area contributed by atoms with E-state index in [2.05, 4.69) is 10.2 Å². The topological polar surface area (TPSA) is 50.4 Å². The normalized spacial score (nSPS) is 19.4. The van der Waals surface area contributed by atoms with Crippen molar-refractivity contribution < 1.29 is 18.0 Å². The lowest BCUT2D eigenvalue weighted by Gasteiger charge is -2.26. The number of benzene rings is 1. The van der Waals surface area contributed by atoms with E-state index in [-0.39, 0.29) is 18.0 Å². The molecule has 1 N–H and O–H groups in total. The number of likely N-dealkylation sites (N-methyl/N-ethyl adjacent to an activating group) is 1. The highest BCUT2D eigenvalue weighted by Gasteiger charge is 2.35. The van der Waals surface area contributed by atoms with E-state index in [1.54, 1.807) is 12.3 Å². The second-order valence-electron chi connectivity index (χ2n) is 7.92. The van der Waals surface area contributed by atoms with Gasteiger partial charge in [-0.1, -0.05) is 6.07 Å². The van der Waals surface area contributed by atoms with Gasteiger partial charge in [0.1, 0.15) is 5.76 Å². The molecule has 0 aliphatic carbocycles. The summed E-state index contributed by atoms with van der Waals surface area (Å²) in [6, 6.07) is 9.15. The predicted molar refractivity (Wildman–Crippen MR) is 109 cm³/mol. The molecule has 0 saturated carbocycles. The molecule has 158 valence electrons. The molecule has 1 amide bonds. The van der Waals surface area contributed by atoms with Crippen LogP contribution in [0.1, 0.15) is 45.5 Å². The van der Waals surface area contributed by atoms with Crippen LogP contribution in [0, 0.1) is 25.5 Å². The lowest BCUT2D eigenvalue weighted by Crippen LogP contribution is -2.39. The third kappa shape index (κ3) is 3.77. The zero-order chi connectivity index (χ0) is 21.4. The number of amides is 1. The maximum Gasteiger partial charge on any atom is 0.253 e. The van der Waals surface area contributed by atoms with Crippen LogP contribution in [0.4, 0.5) is 8.78 Å². The van der Waals surface area contributed by atoms with Crippen LogP contribution in [-0.2, 0) is 6.54 Å². The molecule has 0 radical (unpaired) electrons. The van der Waals surface area contributed by atoms with Crippen molar-refractivity contribution in [3.8, 4) is 0 Å². The summed E-state index contributed by atoms with van der Waals surface area (Å²) in [5, 5.41) is 3.11. The zero-order valence-electron chi connectivity index (χ0n) is 17.3. The van der Waals surface area contributed by atoms with Gasteiger partial charge in [0.2, 0.25) is 0 Å². The van der Waals surface area contributed by atoms with Crippen molar-refractivity contribution in [1.29, 1.82) is 0 Å². The average Bonchev–Trinajstić information content (AvgIpc) is 3.41. The SMILES string of the molecule is Cc1cc(C(=O)NC2CCN(C)C2c2ccc(F)c(F)c2)c(C)n1Cc1ccco1. The smallest absolute Gasteiger partial charge is 0.253 e. The third-order valence-corrected chi connectivity index (χ3v) is 5.96. The van der Waals surface area contributed by atoms with Crippen molar-refractivity contribution in [2.45, 2.75) is 38.9 Å². The van der Waals surface area contributed by atoms with Crippen molar-refractivity contribution in [3.63, 3.8) is 0 Å². The Balaban J connectivity index is 1.55. The van der Waals surface area contributed by atoms with Crippen LogP contribution in [0.25, 0.3) is 0 Å². The molecule has 0 bridgehead atoms. The average molecular weight is 413 g/mol. The van der Waals surface area contributed by atoms with Crippen molar-refractivity contribution >= 4 is 5.91 Å². The molecule has 30 heavy (non-hydrogen) atoms. The Morgan fingerprint density at radius 1 is 1.20 bits per heavy atom. The Morgan fingerprint density at radius 3 is 2.70 bits per heavy atom. The van der Waals surface area contributed by atoms with Crippen LogP contribution in [0.2, 0.25) is 0 Å². The monoisotopic (exact) mass is 413 g/mol. The fourth-order valence-electron chi connectivity index (χ4n) is 4.36. The highest BCUT2D eigenvalue weighted by Crippen LogP contribution is 2.32. The van der Waals surface area contributed by atoms with Gasteiger partial charge in [-0.15, -0.1) is 0 Å². The van der Waals surface area contributed by atoms with Gasteiger partial charge < -0.3 is 14.3 Å². The number of rotatable bonds is 5. The molecular weight excluding hydrogens is 388 g/mol. The minimum atomic E-state index is -0.876. The molecule has 4 rings (SSSR count). The number of likely N-dealkylation sites (tertiary alicyclic amines) is 1. The van der Waals surface area contributed by atoms with Crippen molar-refractivity contribution in [2.24, 2.45) is 0 Å². The van der Waals surface area contributed by atoms with Crippen LogP contribution >= 0.6 is 0 Å². The summed E-state index contributed by atoms with van der Waals surface area (Å²) in [4.78, 5) is 15.1. The van der Waals surface area contributed by atoms with Crippen LogP contribution in [0.3, 0.4) is 0 Å². The number of halogens is 2. The molecule has 1 aliphatic heterocycles. The summed E-state index contributed by atoms with van der Waals surface area (Å²) >= 11 is 0. The predicted octanol–water partition coefficient (Wildman–Crippen LogP) is 4.20. The van der Waals surface area contributed by atoms with Gasteiger partial charge >= 0.3 is 0 Å². The Hall–Kier alpha value is -2.93. The summed E-state index contributed by atoms with van der Waals surface area (Å²) in [6.45, 7) is 5.19. The van der Waals surface area contributed by atoms with Crippen molar-refractivity contribution in [2.75, 3.05) is 13.6 Å². The first-order valence-corrected chi connectivity index (χ1v) is 10.0. The van der Waals surface area contributed by atoms with E-state index in [0.29, 0.717) is 17.7 Å². The van der Waals surface area contributed by atoms with E-state index in [9.17, 15) is 13.6 Å². The second-order valence-corrected chi connectivity index (χ2v) is 7.92. The van der Waals surface area contributed by atoms with Crippen LogP contribution in [0.15, 0.2) is 47.1 Å². The maximum absolute atomic E-state index is 13.8. The summed E-state index contributed by atoms with van der Waals surface area (Å²) in [5.41, 5.74) is 3.09. The number of carbonyl (C=O) groups excluding carboxylic acids is 1. The molecule has 2 unspecified atom stereocenters. The number of hydrogen-bond acceptors (Lipinski definition) is 3. The van der Waals surface area contributed by atoms with E-state index in [0.717, 1.165) is 36.2 Å². The number of furan rings is 1. The molecule has 3 aromatic rings. The molecular formula is C23H25F2N3O2. The minimum Gasteiger partial charge on any atom is -0.467 e. The van der Waals surface area contributed by atoms with Gasteiger partial charge in [-0.3, -0.25) is 9.69 Å². The fourth-order valence-corrected chi connectivity index (χ4v) is 4.36. The molecule has 2 aromatic heterocycles. The van der Waals surface area contributed by atoms with Gasteiger partial charge in [0.15, 0.2) is 11.6 Å². The molecule has 5 nitrogen and oxygen atoms in total. The first-order chi connectivity index (χ1) is 14.3. The highest BCUT2D eigenvalue weighted by atomic mass is 19.2. The quantitative estimate of drug-likeness (QED) is 0.682. The van der Waals surface area contributed by atoms with Gasteiger partial charge in [-0.05, 0) is 63.2 Å². The fraction of sp³-hybridized carbons (Fsp3) is 0.348. The summed E-state index contributed by atoms with van der Waals surface area (Å²) in [6.07, 6.45) is 2.36. The molecule has 3 heterocycles. The largest absolute Gasteiger partial charge is 0.467 e. The molecule has 1 saturated heterocycles. The Bertz CT molecular complexity index is 1060. The van der Waals surface area contributed by atoms with Gasteiger partial charge in [0, 0.05) is 17.9 Å². The van der Waals surface area contributed by atoms with Gasteiger partial charge in [0.25, 0.3) is 5.91 Å². The minimum absolute atomic E-state index is 0.165. The molecule has 1 fully saturated rings. The lowest BCUT2D eigenvalue weighted by molar-refractivity contribution is 0.0927. The van der Waals surface area contributed by atoms with E-state index < -0.39 is 11.6 Å². The van der Waals surface area contributed by atoms with Crippen LogP contribution < -0.4 is 5.32 Å². The van der Waals surface area contributed by atoms with Gasteiger partial charge in [-0.2, -0.15) is 0 Å². The first kappa shape index (κ1) is 20.3. The Labute approximate surface area is 174 Å². The van der Waals surface area contributed by atoms with Crippen LogP contribution in [0.5, 0.6) is 0 Å². The first-order valence-electron chi connectivity index (χ1n) is 10.0. The molecule has 1 aromatic carbocycles. The maximum atomic E-state index is 13.8. The number of nitrogens with one attached hydrogen (secondary N) is 1. The number of hydrogen-bond donors (Lipinski definition) is 1. The molecule has 1 aliphatic rings. The Morgan fingerprint density at radius 2 is 2.00 bits per heavy atom. The molecule has 7 heteroatoms. The molecule has 0 spiro atoms. The summed E-state index contributed by atoms with van der Waals surface area (Å²) in [7, 11) is 1.92. The van der Waals surface area contributed by atoms with E-state index in [4.69, 9.17) is 4.42 Å². The van der Waals surface area contributed by atoms with Crippen molar-refractivity contribution in [1.82, 2.24) is 14.8 Å². The van der Waals surface area contributed by atoms with Gasteiger partial charge in [-0.25, -0.2) is 8.78 Å². The number of nitrogens with zero attached hydrogens (tertiary/aromatic N) is 2. The number of carbonyl (C=O) groups is 1. The Kier molecular flexibility index (Phi) is 5.47. The van der Waals surface area contributed by atoms with Crippen LogP contribution in [-0.4, -0.2) is 35.0 Å². The van der Waals surface area contributed by atoms with E-state index >= 15 is 0 Å². The van der Waals surface area contributed by atoms with E-state index in [1.165, 1.54) is 6.07 Å². The third-order valence-electron chi connectivity index (χ3n) is 5.96. The standard InChI is InChI=1S/C23H25F2N3O2/c1-14-11-18(15(2)28(14)13-17-5-4-10-30-17)23(29)26-21-8-9-27(3)22(21)16-6-7-19(24)20(25)12-16/h4-7,10-12,21-22H,8-9,13H2,1-3H3,(H,26,29). The molecule has 2 atom stereocenters. The van der Waals surface area contributed by atoms with E-state index in [1.807, 2.05) is 43.7 Å². The summed E-state index contributed by atoms with van der Waals surface area (Å²) < 4.78 is 34.6. The number of aromatic nitrogens is 1. The second kappa shape index (κ2) is 8.07. The highest BCUT2D eigenvalue weighted by molar-refractivity contribution is 5.96. The zero-order valence-corrected chi connectivity index (χ0v) is 17.3. The number of aryl methyl sites for hydroxylation is 1. The summed E-state index contributed by atoms with van der Waals surface area (Å²) in [5.74, 6) is -1.09. The van der Waals surface area contributed by atoms with Crippen molar-refractivity contribution in [3.05, 3.63) is 82.6 Å².